The van der Waals surface area contributed by atoms with Crippen molar-refractivity contribution in [1.29, 1.82) is 10.5 Å². The van der Waals surface area contributed by atoms with Crippen LogP contribution in [0, 0.1) is 47.3 Å². The molecule has 0 fully saturated rings. The van der Waals surface area contributed by atoms with Gasteiger partial charge in [0.05, 0.1) is 81.0 Å². The second kappa shape index (κ2) is 27.5. The van der Waals surface area contributed by atoms with E-state index in [1.807, 2.05) is 30.0 Å². The first-order valence-corrected chi connectivity index (χ1v) is 19.5. The van der Waals surface area contributed by atoms with Crippen molar-refractivity contribution in [2.24, 2.45) is 28.0 Å². The summed E-state index contributed by atoms with van der Waals surface area (Å²) >= 11 is 1.23. The molecule has 310 valence electrons. The molecule has 0 aromatic heterocycles. The summed E-state index contributed by atoms with van der Waals surface area (Å²) in [7, 11) is 0. The van der Waals surface area contributed by atoms with Gasteiger partial charge in [-0.3, -0.25) is 19.2 Å². The summed E-state index contributed by atoms with van der Waals surface area (Å²) in [5, 5.41) is 45.7. The van der Waals surface area contributed by atoms with Crippen LogP contribution >= 0.6 is 11.8 Å². The number of carboxylic acid groups (broad SMARTS) is 2. The predicted molar refractivity (Wildman–Crippen MR) is 211 cm³/mol. The molecule has 1 aromatic rings. The molecule has 0 saturated heterocycles. The quantitative estimate of drug-likeness (QED) is 0.0419. The fourth-order valence-electron chi connectivity index (χ4n) is 5.35. The minimum atomic E-state index is -1.08. The number of rotatable bonds is 28. The fraction of sp³-hybridized carbons (Fsp3) is 0.550. The van der Waals surface area contributed by atoms with Gasteiger partial charge in [-0.1, -0.05) is 36.1 Å². The summed E-state index contributed by atoms with van der Waals surface area (Å²) in [6.07, 6.45) is 6.87. The van der Waals surface area contributed by atoms with Gasteiger partial charge in [-0.2, -0.15) is 20.8 Å². The van der Waals surface area contributed by atoms with E-state index in [1.54, 1.807) is 45.1 Å². The monoisotopic (exact) mass is 811 g/mol. The Labute approximate surface area is 338 Å². The molecule has 0 amide bonds. The maximum Gasteiger partial charge on any atom is 0.309 e. The maximum absolute atomic E-state index is 12.4. The van der Waals surface area contributed by atoms with Crippen LogP contribution in [0.1, 0.15) is 52.0 Å². The third kappa shape index (κ3) is 18.2. The first-order chi connectivity index (χ1) is 27.4. The number of carbonyl (C=O) groups excluding carboxylic acids is 2. The molecule has 0 radical (unpaired) electrons. The molecular weight excluding hydrogens is 759 g/mol. The summed E-state index contributed by atoms with van der Waals surface area (Å²) in [5.74, 6) is -5.48. The Morgan fingerprint density at radius 2 is 1.46 bits per heavy atom. The third-order valence-electron chi connectivity index (χ3n) is 8.59. The lowest BCUT2D eigenvalue weighted by atomic mass is 10.0. The van der Waals surface area contributed by atoms with Gasteiger partial charge in [0.15, 0.2) is 0 Å². The van der Waals surface area contributed by atoms with Gasteiger partial charge in [-0.25, -0.2) is 0 Å². The number of ether oxygens (including phenoxy) is 5. The topological polar surface area (TPSA) is 230 Å². The van der Waals surface area contributed by atoms with Crippen molar-refractivity contribution in [3.63, 3.8) is 0 Å². The highest BCUT2D eigenvalue weighted by molar-refractivity contribution is 8.04. The molecule has 0 saturated carbocycles. The number of carbonyl (C=O) groups is 4. The summed E-state index contributed by atoms with van der Waals surface area (Å²) in [6.45, 7) is 9.48. The number of nitrogens with zero attached hydrogens (tertiary/aromatic N) is 5. The van der Waals surface area contributed by atoms with E-state index in [1.165, 1.54) is 11.8 Å². The van der Waals surface area contributed by atoms with E-state index in [-0.39, 0.29) is 71.9 Å². The summed E-state index contributed by atoms with van der Waals surface area (Å²) in [5.41, 5.74) is 2.99. The number of aliphatic carboxylic acids is 2. The van der Waals surface area contributed by atoms with Crippen LogP contribution in [-0.4, -0.2) is 105 Å². The molecule has 2 N–H and O–H groups in total. The second-order valence-corrected chi connectivity index (χ2v) is 13.9. The Bertz CT molecular complexity index is 1680. The highest BCUT2D eigenvalue weighted by atomic mass is 32.2. The van der Waals surface area contributed by atoms with Crippen LogP contribution in [0.5, 0.6) is 0 Å². The van der Waals surface area contributed by atoms with Crippen molar-refractivity contribution in [3.05, 3.63) is 58.5 Å². The number of hydrogen-bond donors (Lipinski definition) is 2. The summed E-state index contributed by atoms with van der Waals surface area (Å²) in [6, 6.07) is 9.98. The molecule has 1 aromatic carbocycles. The molecule has 1 aliphatic rings. The number of azo groups is 1. The lowest BCUT2D eigenvalue weighted by molar-refractivity contribution is -0.154. The normalized spacial score (nSPS) is 16.5. The third-order valence-corrected chi connectivity index (χ3v) is 9.85. The molecule has 16 nitrogen and oxygen atoms in total. The highest BCUT2D eigenvalue weighted by Gasteiger charge is 2.34. The number of nitriles is 2. The molecule has 0 aliphatic carbocycles. The van der Waals surface area contributed by atoms with Gasteiger partial charge < -0.3 is 38.8 Å². The standard InChI is InChI=1S/C40H53N5O11S/c1-5-7-9-30(39(49)50)25-37(48)55-21-19-54-18-17-52-15-13-45(14-16-53-20-22-56-40(51)31(10-8-6-2)24-36(46)47)32-11-12-34(28(3)23-32)43-44-38-33(26-41)29(4)35(27-42)57-38/h5-8,11-12,23,30-31,33,38H,9-10,13-22,24-25H2,1-4H3,(H,46,47)(H,49,50)/b7-5+,8-6+,44-43?. The van der Waals surface area contributed by atoms with E-state index in [9.17, 15) is 34.8 Å². The molecule has 1 aliphatic heterocycles. The molecule has 4 atom stereocenters. The summed E-state index contributed by atoms with van der Waals surface area (Å²) < 4.78 is 27.4. The molecule has 4 unspecified atom stereocenters. The Balaban J connectivity index is 1.92. The Kier molecular flexibility index (Phi) is 23.2. The van der Waals surface area contributed by atoms with Crippen LogP contribution in [0.15, 0.2) is 63.2 Å². The van der Waals surface area contributed by atoms with Crippen LogP contribution in [-0.2, 0) is 42.9 Å². The van der Waals surface area contributed by atoms with Crippen LogP contribution in [0.25, 0.3) is 0 Å². The van der Waals surface area contributed by atoms with Crippen molar-refractivity contribution in [1.82, 2.24) is 0 Å². The Hall–Kier alpha value is -5.07. The predicted octanol–water partition coefficient (Wildman–Crippen LogP) is 6.15. The fourth-order valence-corrected chi connectivity index (χ4v) is 6.46. The smallest absolute Gasteiger partial charge is 0.309 e. The number of aryl methyl sites for hydroxylation is 1. The number of carboxylic acids is 2. The SMILES string of the molecule is C/C=C/CC(CC(=O)OCCOCCOCCN(CCOCCOC(=O)C(C/C=C/C)CC(=O)O)c1ccc(N=NC2SC(C#N)=C(C)C2C#N)c(C)c1)C(=O)O. The number of hydrogen-bond acceptors (Lipinski definition) is 15. The van der Waals surface area contributed by atoms with Crippen LogP contribution in [0.4, 0.5) is 11.4 Å². The van der Waals surface area contributed by atoms with E-state index in [4.69, 9.17) is 28.8 Å². The van der Waals surface area contributed by atoms with Gasteiger partial charge in [0, 0.05) is 18.8 Å². The number of anilines is 1. The average Bonchev–Trinajstić information content (AvgIpc) is 3.50. The van der Waals surface area contributed by atoms with Crippen LogP contribution in [0.2, 0.25) is 0 Å². The molecule has 17 heteroatoms. The number of benzene rings is 1. The van der Waals surface area contributed by atoms with Gasteiger partial charge in [0.25, 0.3) is 0 Å². The van der Waals surface area contributed by atoms with Gasteiger partial charge >= 0.3 is 23.9 Å². The summed E-state index contributed by atoms with van der Waals surface area (Å²) in [4.78, 5) is 49.5. The van der Waals surface area contributed by atoms with E-state index in [0.29, 0.717) is 35.9 Å². The van der Waals surface area contributed by atoms with E-state index < -0.39 is 47.0 Å². The lowest BCUT2D eigenvalue weighted by Gasteiger charge is -2.25. The second-order valence-electron chi connectivity index (χ2n) is 12.8. The first-order valence-electron chi connectivity index (χ1n) is 18.6. The molecular formula is C40H53N5O11S. The molecule has 0 spiro atoms. The largest absolute Gasteiger partial charge is 0.481 e. The van der Waals surface area contributed by atoms with Crippen LogP contribution in [0.3, 0.4) is 0 Å². The van der Waals surface area contributed by atoms with Crippen LogP contribution < -0.4 is 4.90 Å². The van der Waals surface area contributed by atoms with Crippen molar-refractivity contribution in [2.75, 3.05) is 70.8 Å². The number of allylic oxidation sites excluding steroid dienone is 5. The van der Waals surface area contributed by atoms with Gasteiger partial charge in [-0.15, -0.1) is 0 Å². The highest BCUT2D eigenvalue weighted by Crippen LogP contribution is 2.42. The van der Waals surface area contributed by atoms with Crippen molar-refractivity contribution >= 4 is 47.0 Å². The molecule has 0 bridgehead atoms. The van der Waals surface area contributed by atoms with Gasteiger partial charge in [0.1, 0.15) is 30.6 Å². The zero-order chi connectivity index (χ0) is 42.0. The van der Waals surface area contributed by atoms with Gasteiger partial charge in [-0.05, 0) is 69.9 Å². The first kappa shape index (κ1) is 48.1. The minimum absolute atomic E-state index is 0.00830. The number of esters is 2. The van der Waals surface area contributed by atoms with Crippen molar-refractivity contribution in [2.45, 2.75) is 58.8 Å². The van der Waals surface area contributed by atoms with E-state index >= 15 is 0 Å². The Morgan fingerprint density at radius 3 is 2.02 bits per heavy atom. The zero-order valence-electron chi connectivity index (χ0n) is 33.0. The minimum Gasteiger partial charge on any atom is -0.481 e. The van der Waals surface area contributed by atoms with E-state index in [2.05, 4.69) is 22.4 Å². The number of thioether (sulfide) groups is 1. The zero-order valence-corrected chi connectivity index (χ0v) is 33.8. The maximum atomic E-state index is 12.4. The van der Waals surface area contributed by atoms with Crippen molar-refractivity contribution < 1.29 is 53.1 Å². The Morgan fingerprint density at radius 1 is 0.860 bits per heavy atom. The average molecular weight is 812 g/mol. The molecule has 1 heterocycles. The van der Waals surface area contributed by atoms with Gasteiger partial charge in [0.2, 0.25) is 0 Å². The lowest BCUT2D eigenvalue weighted by Crippen LogP contribution is -2.32. The van der Waals surface area contributed by atoms with Crippen molar-refractivity contribution in [3.8, 4) is 12.1 Å². The molecule has 2 rings (SSSR count). The molecule has 57 heavy (non-hydrogen) atoms. The van der Waals surface area contributed by atoms with E-state index in [0.717, 1.165) is 11.3 Å².